The highest BCUT2D eigenvalue weighted by molar-refractivity contribution is 9.10. The third-order valence-corrected chi connectivity index (χ3v) is 4.78. The van der Waals surface area contributed by atoms with Crippen molar-refractivity contribution in [3.8, 4) is 0 Å². The smallest absolute Gasteiger partial charge is 0.0548 e. The van der Waals surface area contributed by atoms with E-state index in [0.717, 1.165) is 48.5 Å². The number of hydrogen-bond acceptors (Lipinski definition) is 2. The zero-order chi connectivity index (χ0) is 13.7. The largest absolute Gasteiger partial charge is 0.314 e. The maximum absolute atomic E-state index is 6.09. The molecular weight excluding hydrogens is 324 g/mol. The summed E-state index contributed by atoms with van der Waals surface area (Å²) in [6, 6.07) is 6.72. The Labute approximate surface area is 129 Å². The Hall–Kier alpha value is -0.350. The first-order chi connectivity index (χ1) is 9.22. The maximum atomic E-state index is 6.09. The van der Waals surface area contributed by atoms with Gasteiger partial charge in [-0.05, 0) is 46.5 Å². The molecule has 1 aliphatic rings. The fraction of sp³-hybridized carbons (Fsp3) is 0.467. The van der Waals surface area contributed by atoms with Gasteiger partial charge in [-0.15, -0.1) is 6.58 Å². The molecule has 0 amide bonds. The summed E-state index contributed by atoms with van der Waals surface area (Å²) in [5, 5.41) is 4.18. The van der Waals surface area contributed by atoms with Gasteiger partial charge in [-0.3, -0.25) is 4.90 Å². The molecule has 0 aromatic heterocycles. The van der Waals surface area contributed by atoms with Crippen LogP contribution in [0.15, 0.2) is 35.3 Å². The van der Waals surface area contributed by atoms with Gasteiger partial charge in [0, 0.05) is 36.7 Å². The Kier molecular flexibility index (Phi) is 5.89. The monoisotopic (exact) mass is 342 g/mol. The molecule has 0 unspecified atom stereocenters. The van der Waals surface area contributed by atoms with Crippen molar-refractivity contribution in [1.82, 2.24) is 10.2 Å². The normalized spacial score (nSPS) is 18.2. The van der Waals surface area contributed by atoms with Crippen molar-refractivity contribution in [2.75, 3.05) is 26.2 Å². The molecule has 4 heteroatoms. The summed E-state index contributed by atoms with van der Waals surface area (Å²) in [5.74, 6) is 0. The molecule has 0 radical (unpaired) electrons. The van der Waals surface area contributed by atoms with Gasteiger partial charge in [0.25, 0.3) is 0 Å². The van der Waals surface area contributed by atoms with E-state index < -0.39 is 0 Å². The average molecular weight is 344 g/mol. The van der Waals surface area contributed by atoms with Crippen LogP contribution in [0.2, 0.25) is 5.02 Å². The molecule has 2 nitrogen and oxygen atoms in total. The fourth-order valence-corrected chi connectivity index (χ4v) is 3.06. The lowest BCUT2D eigenvalue weighted by molar-refractivity contribution is 0.166. The Morgan fingerprint density at radius 3 is 2.79 bits per heavy atom. The van der Waals surface area contributed by atoms with Crippen molar-refractivity contribution in [3.63, 3.8) is 0 Å². The first kappa shape index (κ1) is 15.0. The van der Waals surface area contributed by atoms with Gasteiger partial charge in [-0.1, -0.05) is 23.7 Å². The minimum Gasteiger partial charge on any atom is -0.314 e. The van der Waals surface area contributed by atoms with Crippen LogP contribution < -0.4 is 5.32 Å². The third-order valence-electron chi connectivity index (χ3n) is 3.57. The second-order valence-corrected chi connectivity index (χ2v) is 6.10. The number of halogens is 2. The van der Waals surface area contributed by atoms with Gasteiger partial charge in [0.1, 0.15) is 0 Å². The van der Waals surface area contributed by atoms with E-state index in [0.29, 0.717) is 6.04 Å². The molecule has 19 heavy (non-hydrogen) atoms. The van der Waals surface area contributed by atoms with Crippen LogP contribution in [0.1, 0.15) is 24.4 Å². The van der Waals surface area contributed by atoms with Crippen molar-refractivity contribution in [3.05, 3.63) is 45.9 Å². The summed E-state index contributed by atoms with van der Waals surface area (Å²) in [7, 11) is 0. The van der Waals surface area contributed by atoms with Gasteiger partial charge in [0.2, 0.25) is 0 Å². The third kappa shape index (κ3) is 4.06. The Balaban J connectivity index is 2.19. The molecule has 1 aliphatic heterocycles. The predicted octanol–water partition coefficient (Wildman–Crippen LogP) is 4.02. The number of nitrogens with one attached hydrogen (secondary N) is 1. The molecule has 0 aliphatic carbocycles. The maximum Gasteiger partial charge on any atom is 0.0548 e. The molecular formula is C15H20BrClN2. The minimum atomic E-state index is 0.452. The summed E-state index contributed by atoms with van der Waals surface area (Å²) in [5.41, 5.74) is 1.33. The van der Waals surface area contributed by atoms with E-state index in [4.69, 9.17) is 11.6 Å². The molecule has 1 heterocycles. The van der Waals surface area contributed by atoms with Crippen LogP contribution in [-0.2, 0) is 0 Å². The second-order valence-electron chi connectivity index (χ2n) is 4.84. The Bertz CT molecular complexity index is 430. The van der Waals surface area contributed by atoms with Gasteiger partial charge < -0.3 is 5.32 Å². The molecule has 0 saturated carbocycles. The van der Waals surface area contributed by atoms with Crippen LogP contribution in [0.25, 0.3) is 0 Å². The quantitative estimate of drug-likeness (QED) is 0.813. The first-order valence-corrected chi connectivity index (χ1v) is 7.90. The van der Waals surface area contributed by atoms with E-state index in [2.05, 4.69) is 44.9 Å². The highest BCUT2D eigenvalue weighted by Crippen LogP contribution is 2.31. The zero-order valence-electron chi connectivity index (χ0n) is 11.0. The Morgan fingerprint density at radius 1 is 1.42 bits per heavy atom. The van der Waals surface area contributed by atoms with Crippen LogP contribution in [0.3, 0.4) is 0 Å². The molecule has 2 rings (SSSR count). The zero-order valence-corrected chi connectivity index (χ0v) is 13.4. The summed E-state index contributed by atoms with van der Waals surface area (Å²) < 4.78 is 0.977. The molecule has 1 aromatic carbocycles. The van der Waals surface area contributed by atoms with Crippen LogP contribution >= 0.6 is 27.5 Å². The van der Waals surface area contributed by atoms with Gasteiger partial charge in [0.05, 0.1) is 5.02 Å². The van der Waals surface area contributed by atoms with E-state index in [-0.39, 0.29) is 0 Å². The van der Waals surface area contributed by atoms with Crippen LogP contribution in [0, 0.1) is 0 Å². The number of rotatable bonds is 5. The highest BCUT2D eigenvalue weighted by Gasteiger charge is 2.21. The summed E-state index contributed by atoms with van der Waals surface area (Å²) >= 11 is 9.61. The van der Waals surface area contributed by atoms with Gasteiger partial charge in [-0.2, -0.15) is 0 Å². The van der Waals surface area contributed by atoms with Crippen LogP contribution in [0.5, 0.6) is 0 Å². The number of piperazine rings is 1. The van der Waals surface area contributed by atoms with Crippen LogP contribution in [0.4, 0.5) is 0 Å². The average Bonchev–Trinajstić information content (AvgIpc) is 2.44. The molecule has 0 bridgehead atoms. The van der Waals surface area contributed by atoms with Gasteiger partial charge in [-0.25, -0.2) is 0 Å². The predicted molar refractivity (Wildman–Crippen MR) is 85.8 cm³/mol. The van der Waals surface area contributed by atoms with Crippen molar-refractivity contribution >= 4 is 27.5 Å². The number of nitrogens with zero attached hydrogens (tertiary/aromatic N) is 1. The summed E-state index contributed by atoms with van der Waals surface area (Å²) in [6.45, 7) is 8.18. The summed E-state index contributed by atoms with van der Waals surface area (Å²) in [4.78, 5) is 2.55. The number of benzene rings is 1. The lowest BCUT2D eigenvalue weighted by Crippen LogP contribution is -2.45. The molecule has 0 spiro atoms. The molecule has 104 valence electrons. The summed E-state index contributed by atoms with van der Waals surface area (Å²) in [6.07, 6.45) is 4.15. The number of allylic oxidation sites excluding steroid dienone is 1. The second kappa shape index (κ2) is 7.44. The van der Waals surface area contributed by atoms with Crippen molar-refractivity contribution < 1.29 is 0 Å². The molecule has 1 atom stereocenters. The van der Waals surface area contributed by atoms with Gasteiger partial charge in [0.15, 0.2) is 0 Å². The topological polar surface area (TPSA) is 15.3 Å². The number of hydrogen-bond donors (Lipinski definition) is 1. The van der Waals surface area contributed by atoms with Gasteiger partial charge >= 0.3 is 0 Å². The lowest BCUT2D eigenvalue weighted by atomic mass is 9.99. The first-order valence-electron chi connectivity index (χ1n) is 6.73. The van der Waals surface area contributed by atoms with Crippen molar-refractivity contribution in [2.45, 2.75) is 18.9 Å². The van der Waals surface area contributed by atoms with Crippen LogP contribution in [-0.4, -0.2) is 31.1 Å². The fourth-order valence-electron chi connectivity index (χ4n) is 2.55. The minimum absolute atomic E-state index is 0.452. The highest BCUT2D eigenvalue weighted by atomic mass is 79.9. The van der Waals surface area contributed by atoms with E-state index in [1.807, 2.05) is 12.1 Å². The van der Waals surface area contributed by atoms with Crippen molar-refractivity contribution in [1.29, 1.82) is 0 Å². The van der Waals surface area contributed by atoms with E-state index in [1.54, 1.807) is 0 Å². The van der Waals surface area contributed by atoms with E-state index in [9.17, 15) is 0 Å². The molecule has 1 saturated heterocycles. The lowest BCUT2D eigenvalue weighted by Gasteiger charge is -2.35. The van der Waals surface area contributed by atoms with E-state index >= 15 is 0 Å². The molecule has 1 N–H and O–H groups in total. The SMILES string of the molecule is C=CCC[C@@H](c1ccc(Cl)c(Br)c1)N1CCNCC1. The Morgan fingerprint density at radius 2 is 2.16 bits per heavy atom. The van der Waals surface area contributed by atoms with Crippen molar-refractivity contribution in [2.24, 2.45) is 0 Å². The molecule has 1 fully saturated rings. The molecule has 1 aromatic rings. The van der Waals surface area contributed by atoms with E-state index in [1.165, 1.54) is 5.56 Å². The standard InChI is InChI=1S/C15H20BrClN2/c1-2-3-4-15(19-9-7-18-8-10-19)12-5-6-14(17)13(16)11-12/h2,5-6,11,15,18H,1,3-4,7-10H2/t15-/m0/s1.